The molecule has 0 unspecified atom stereocenters. The summed E-state index contributed by atoms with van der Waals surface area (Å²) >= 11 is 0. The largest absolute Gasteiger partial charge is 0.311 e. The van der Waals surface area contributed by atoms with Crippen molar-refractivity contribution in [2.24, 2.45) is 5.92 Å². The van der Waals surface area contributed by atoms with E-state index in [1.165, 1.54) is 44.9 Å². The number of hydrogen-bond donors (Lipinski definition) is 1. The number of carbonyl (C=O) groups is 1. The molecule has 18 heavy (non-hydrogen) atoms. The number of amides is 1. The molecule has 0 aliphatic heterocycles. The molecular formula is C14H21N3O. The summed E-state index contributed by atoms with van der Waals surface area (Å²) < 4.78 is 2.02. The highest BCUT2D eigenvalue weighted by Gasteiger charge is 2.25. The number of hydrogen-bond acceptors (Lipinski definition) is 2. The lowest BCUT2D eigenvalue weighted by molar-refractivity contribution is -0.116. The number of aromatic nitrogens is 2. The lowest BCUT2D eigenvalue weighted by Gasteiger charge is -2.23. The Morgan fingerprint density at radius 3 is 2.78 bits per heavy atom. The highest BCUT2D eigenvalue weighted by atomic mass is 16.1. The molecule has 2 aliphatic carbocycles. The van der Waals surface area contributed by atoms with Crippen LogP contribution < -0.4 is 5.32 Å². The van der Waals surface area contributed by atoms with Gasteiger partial charge in [-0.05, 0) is 31.6 Å². The normalized spacial score (nSPS) is 20.9. The molecule has 1 N–H and O–H groups in total. The van der Waals surface area contributed by atoms with Crippen LogP contribution in [0.3, 0.4) is 0 Å². The molecule has 2 aliphatic rings. The fraction of sp³-hybridized carbons (Fsp3) is 0.714. The molecule has 0 saturated heterocycles. The van der Waals surface area contributed by atoms with Crippen LogP contribution in [0.5, 0.6) is 0 Å². The number of rotatable bonds is 4. The predicted molar refractivity (Wildman–Crippen MR) is 70.3 cm³/mol. The van der Waals surface area contributed by atoms with Crippen LogP contribution in [-0.4, -0.2) is 15.7 Å². The van der Waals surface area contributed by atoms with Crippen molar-refractivity contribution in [2.75, 3.05) is 5.32 Å². The van der Waals surface area contributed by atoms with Crippen LogP contribution in [0, 0.1) is 5.92 Å². The Labute approximate surface area is 108 Å². The summed E-state index contributed by atoms with van der Waals surface area (Å²) in [6.45, 7) is 0. The van der Waals surface area contributed by atoms with E-state index in [1.54, 1.807) is 6.20 Å². The van der Waals surface area contributed by atoms with Crippen molar-refractivity contribution < 1.29 is 4.79 Å². The van der Waals surface area contributed by atoms with Gasteiger partial charge in [-0.25, -0.2) is 4.68 Å². The maximum atomic E-state index is 11.8. The highest BCUT2D eigenvalue weighted by Crippen LogP contribution is 2.33. The fourth-order valence-electron chi connectivity index (χ4n) is 2.81. The molecule has 3 rings (SSSR count). The minimum absolute atomic E-state index is 0.148. The molecule has 0 radical (unpaired) electrons. The predicted octanol–water partition coefficient (Wildman–Crippen LogP) is 3.13. The van der Waals surface area contributed by atoms with E-state index in [1.807, 2.05) is 10.7 Å². The minimum Gasteiger partial charge on any atom is -0.311 e. The van der Waals surface area contributed by atoms with Gasteiger partial charge in [0.2, 0.25) is 5.91 Å². The number of nitrogens with zero attached hydrogens (tertiary/aromatic N) is 2. The molecule has 0 atom stereocenters. The van der Waals surface area contributed by atoms with E-state index in [0.29, 0.717) is 18.4 Å². The molecule has 1 aromatic heterocycles. The maximum absolute atomic E-state index is 11.8. The van der Waals surface area contributed by atoms with E-state index in [0.717, 1.165) is 5.82 Å². The highest BCUT2D eigenvalue weighted by molar-refractivity contribution is 5.90. The summed E-state index contributed by atoms with van der Waals surface area (Å²) in [7, 11) is 0. The molecule has 4 heteroatoms. The molecule has 0 spiro atoms. The maximum Gasteiger partial charge on any atom is 0.225 e. The molecule has 1 amide bonds. The van der Waals surface area contributed by atoms with Gasteiger partial charge in [-0.2, -0.15) is 5.10 Å². The first-order chi connectivity index (χ1) is 8.83. The van der Waals surface area contributed by atoms with Crippen LogP contribution in [0.15, 0.2) is 12.3 Å². The first kappa shape index (κ1) is 11.8. The second-order valence-electron chi connectivity index (χ2n) is 5.65. The quantitative estimate of drug-likeness (QED) is 0.888. The summed E-state index contributed by atoms with van der Waals surface area (Å²) in [5, 5.41) is 7.41. The van der Waals surface area contributed by atoms with Gasteiger partial charge in [0, 0.05) is 12.5 Å². The van der Waals surface area contributed by atoms with Crippen LogP contribution in [0.25, 0.3) is 0 Å². The third kappa shape index (κ3) is 2.74. The van der Waals surface area contributed by atoms with Gasteiger partial charge in [0.05, 0.1) is 12.2 Å². The van der Waals surface area contributed by atoms with Crippen molar-refractivity contribution in [3.8, 4) is 0 Å². The third-order valence-electron chi connectivity index (χ3n) is 4.03. The third-order valence-corrected chi connectivity index (χ3v) is 4.03. The van der Waals surface area contributed by atoms with Gasteiger partial charge >= 0.3 is 0 Å². The average molecular weight is 247 g/mol. The SMILES string of the molecule is O=C(CC1CC1)Nc1ccnn1C1CCCCC1. The lowest BCUT2D eigenvalue weighted by atomic mass is 9.96. The van der Waals surface area contributed by atoms with Gasteiger partial charge in [-0.1, -0.05) is 19.3 Å². The van der Waals surface area contributed by atoms with Gasteiger partial charge < -0.3 is 5.32 Å². The van der Waals surface area contributed by atoms with Crippen LogP contribution in [0.2, 0.25) is 0 Å². The van der Waals surface area contributed by atoms with E-state index in [2.05, 4.69) is 10.4 Å². The minimum atomic E-state index is 0.148. The zero-order valence-electron chi connectivity index (χ0n) is 10.8. The van der Waals surface area contributed by atoms with Crippen molar-refractivity contribution in [2.45, 2.75) is 57.4 Å². The van der Waals surface area contributed by atoms with Crippen molar-refractivity contribution >= 4 is 11.7 Å². The van der Waals surface area contributed by atoms with Crippen LogP contribution in [0.1, 0.15) is 57.4 Å². The molecular weight excluding hydrogens is 226 g/mol. The first-order valence-electron chi connectivity index (χ1n) is 7.16. The Morgan fingerprint density at radius 1 is 1.28 bits per heavy atom. The fourth-order valence-corrected chi connectivity index (χ4v) is 2.81. The van der Waals surface area contributed by atoms with Crippen molar-refractivity contribution in [1.29, 1.82) is 0 Å². The number of anilines is 1. The zero-order valence-corrected chi connectivity index (χ0v) is 10.8. The molecule has 2 fully saturated rings. The Hall–Kier alpha value is -1.32. The van der Waals surface area contributed by atoms with E-state index in [9.17, 15) is 4.79 Å². The van der Waals surface area contributed by atoms with Crippen molar-refractivity contribution in [3.05, 3.63) is 12.3 Å². The van der Waals surface area contributed by atoms with E-state index >= 15 is 0 Å². The number of carbonyl (C=O) groups excluding carboxylic acids is 1. The smallest absolute Gasteiger partial charge is 0.225 e. The summed E-state index contributed by atoms with van der Waals surface area (Å²) in [5.41, 5.74) is 0. The zero-order chi connectivity index (χ0) is 12.4. The summed E-state index contributed by atoms with van der Waals surface area (Å²) in [6, 6.07) is 2.39. The molecule has 4 nitrogen and oxygen atoms in total. The van der Waals surface area contributed by atoms with Gasteiger partial charge in [-0.3, -0.25) is 4.79 Å². The van der Waals surface area contributed by atoms with Gasteiger partial charge in [-0.15, -0.1) is 0 Å². The van der Waals surface area contributed by atoms with Crippen LogP contribution >= 0.6 is 0 Å². The Balaban J connectivity index is 1.64. The van der Waals surface area contributed by atoms with Gasteiger partial charge in [0.15, 0.2) is 0 Å². The van der Waals surface area contributed by atoms with Gasteiger partial charge in [0.1, 0.15) is 5.82 Å². The van der Waals surface area contributed by atoms with Crippen LogP contribution in [0.4, 0.5) is 5.82 Å². The lowest BCUT2D eigenvalue weighted by Crippen LogP contribution is -2.20. The van der Waals surface area contributed by atoms with Crippen molar-refractivity contribution in [1.82, 2.24) is 9.78 Å². The summed E-state index contributed by atoms with van der Waals surface area (Å²) in [6.07, 6.45) is 11.2. The molecule has 0 aromatic carbocycles. The molecule has 1 aromatic rings. The Bertz CT molecular complexity index is 416. The van der Waals surface area contributed by atoms with E-state index in [-0.39, 0.29) is 5.91 Å². The molecule has 98 valence electrons. The average Bonchev–Trinajstić information content (AvgIpc) is 3.07. The number of nitrogens with one attached hydrogen (secondary N) is 1. The van der Waals surface area contributed by atoms with Gasteiger partial charge in [0.25, 0.3) is 0 Å². The van der Waals surface area contributed by atoms with Crippen LogP contribution in [-0.2, 0) is 4.79 Å². The van der Waals surface area contributed by atoms with E-state index < -0.39 is 0 Å². The second-order valence-corrected chi connectivity index (χ2v) is 5.65. The molecule has 0 bridgehead atoms. The van der Waals surface area contributed by atoms with E-state index in [4.69, 9.17) is 0 Å². The molecule has 1 heterocycles. The monoisotopic (exact) mass is 247 g/mol. The summed E-state index contributed by atoms with van der Waals surface area (Å²) in [5.74, 6) is 1.67. The first-order valence-corrected chi connectivity index (χ1v) is 7.16. The second kappa shape index (κ2) is 5.12. The Kier molecular flexibility index (Phi) is 3.35. The topological polar surface area (TPSA) is 46.9 Å². The molecule has 2 saturated carbocycles. The Morgan fingerprint density at radius 2 is 2.06 bits per heavy atom. The standard InChI is InChI=1S/C14H21N3O/c18-14(10-11-6-7-11)16-13-8-9-15-17(13)12-4-2-1-3-5-12/h8-9,11-12H,1-7,10H2,(H,16,18). The van der Waals surface area contributed by atoms with Crippen molar-refractivity contribution in [3.63, 3.8) is 0 Å². The summed E-state index contributed by atoms with van der Waals surface area (Å²) in [4.78, 5) is 11.8.